The Labute approximate surface area is 194 Å². The molecule has 4 rings (SSSR count). The average Bonchev–Trinajstić information content (AvgIpc) is 3.20. The lowest BCUT2D eigenvalue weighted by Gasteiger charge is -2.28. The lowest BCUT2D eigenvalue weighted by atomic mass is 9.94. The molecule has 1 aliphatic rings. The van der Waals surface area contributed by atoms with Crippen molar-refractivity contribution in [2.75, 3.05) is 23.5 Å². The van der Waals surface area contributed by atoms with Gasteiger partial charge in [-0.25, -0.2) is 9.48 Å². The highest BCUT2D eigenvalue weighted by atomic mass is 32.2. The number of carboxylic acid groups (broad SMARTS) is 1. The van der Waals surface area contributed by atoms with E-state index in [2.05, 4.69) is 20.7 Å². The number of allylic oxidation sites excluding steroid dienone is 1. The highest BCUT2D eigenvalue weighted by molar-refractivity contribution is 7.99. The molecule has 2 aromatic carbocycles. The number of carboxylic acids is 1. The molecule has 1 aliphatic heterocycles. The molecule has 1 unspecified atom stereocenters. The van der Waals surface area contributed by atoms with Gasteiger partial charge in [-0.1, -0.05) is 43.0 Å². The van der Waals surface area contributed by atoms with Gasteiger partial charge in [-0.3, -0.25) is 4.79 Å². The van der Waals surface area contributed by atoms with E-state index >= 15 is 0 Å². The predicted octanol–water partition coefficient (Wildman–Crippen LogP) is 4.02. The van der Waals surface area contributed by atoms with Crippen molar-refractivity contribution in [1.29, 1.82) is 0 Å². The number of nitrogens with zero attached hydrogens (tertiary/aromatic N) is 3. The van der Waals surface area contributed by atoms with Crippen LogP contribution in [-0.4, -0.2) is 44.6 Å². The third-order valence-corrected chi connectivity index (χ3v) is 5.90. The molecular formula is C23H23N5O4S. The largest absolute Gasteiger partial charge is 0.495 e. The third kappa shape index (κ3) is 4.42. The number of benzene rings is 2. The molecule has 1 atom stereocenters. The first-order valence-corrected chi connectivity index (χ1v) is 11.3. The van der Waals surface area contributed by atoms with Crippen LogP contribution in [0.3, 0.4) is 0 Å². The molecule has 10 heteroatoms. The second-order valence-corrected chi connectivity index (χ2v) is 8.47. The SMILES string of the molecule is CCSc1nc2n(n1)C(c1ccc(C(=O)O)cc1)C(C(=O)Nc1ccccc1OC)=C(C)N2. The summed E-state index contributed by atoms with van der Waals surface area (Å²) in [5.74, 6) is 0.510. The van der Waals surface area contributed by atoms with Crippen LogP contribution in [0.4, 0.5) is 11.6 Å². The molecule has 1 aromatic heterocycles. The number of ether oxygens (including phenoxy) is 1. The fourth-order valence-corrected chi connectivity index (χ4v) is 4.22. The molecule has 1 amide bonds. The zero-order chi connectivity index (χ0) is 23.5. The van der Waals surface area contributed by atoms with Gasteiger partial charge in [0.25, 0.3) is 5.91 Å². The van der Waals surface area contributed by atoms with E-state index in [9.17, 15) is 14.7 Å². The van der Waals surface area contributed by atoms with E-state index in [-0.39, 0.29) is 11.5 Å². The number of hydrogen-bond donors (Lipinski definition) is 3. The molecule has 0 saturated heterocycles. The highest BCUT2D eigenvalue weighted by Gasteiger charge is 2.34. The Morgan fingerprint density at radius 1 is 1.21 bits per heavy atom. The van der Waals surface area contributed by atoms with E-state index < -0.39 is 12.0 Å². The molecule has 2 heterocycles. The minimum Gasteiger partial charge on any atom is -0.495 e. The quantitative estimate of drug-likeness (QED) is 0.448. The van der Waals surface area contributed by atoms with Gasteiger partial charge in [0.1, 0.15) is 11.8 Å². The van der Waals surface area contributed by atoms with Crippen LogP contribution in [0, 0.1) is 0 Å². The van der Waals surface area contributed by atoms with Crippen molar-refractivity contribution in [1.82, 2.24) is 14.8 Å². The molecule has 0 saturated carbocycles. The smallest absolute Gasteiger partial charge is 0.335 e. The summed E-state index contributed by atoms with van der Waals surface area (Å²) in [4.78, 5) is 29.4. The fraction of sp³-hybridized carbons (Fsp3) is 0.217. The number of hydrogen-bond acceptors (Lipinski definition) is 7. The third-order valence-electron chi connectivity index (χ3n) is 5.18. The van der Waals surface area contributed by atoms with E-state index in [1.165, 1.54) is 23.9 Å². The van der Waals surface area contributed by atoms with E-state index in [0.717, 1.165) is 5.75 Å². The van der Waals surface area contributed by atoms with Gasteiger partial charge >= 0.3 is 5.97 Å². The monoisotopic (exact) mass is 465 g/mol. The minimum atomic E-state index is -1.02. The molecule has 0 fully saturated rings. The minimum absolute atomic E-state index is 0.162. The number of nitrogens with one attached hydrogen (secondary N) is 2. The first-order valence-electron chi connectivity index (χ1n) is 10.3. The van der Waals surface area contributed by atoms with E-state index in [0.29, 0.717) is 39.4 Å². The van der Waals surface area contributed by atoms with Gasteiger partial charge in [0.2, 0.25) is 11.1 Å². The second-order valence-electron chi connectivity index (χ2n) is 7.24. The van der Waals surface area contributed by atoms with Crippen LogP contribution in [0.15, 0.2) is 65.0 Å². The summed E-state index contributed by atoms with van der Waals surface area (Å²) < 4.78 is 7.03. The molecule has 3 aromatic rings. The first kappa shape index (κ1) is 22.4. The standard InChI is InChI=1S/C23H23N5O4S/c1-4-33-23-26-22-24-13(2)18(20(29)25-16-7-5-6-8-17(16)32-3)19(28(22)27-23)14-9-11-15(12-10-14)21(30)31/h5-12,19H,4H2,1-3H3,(H,25,29)(H,30,31)(H,24,26,27). The normalized spacial score (nSPS) is 14.9. The Bertz CT molecular complexity index is 1240. The maximum atomic E-state index is 13.5. The van der Waals surface area contributed by atoms with E-state index in [1.807, 2.05) is 19.1 Å². The van der Waals surface area contributed by atoms with Gasteiger partial charge in [-0.2, -0.15) is 4.98 Å². The summed E-state index contributed by atoms with van der Waals surface area (Å²) in [7, 11) is 1.54. The molecule has 33 heavy (non-hydrogen) atoms. The summed E-state index contributed by atoms with van der Waals surface area (Å²) in [6.07, 6.45) is 0. The number of amides is 1. The summed E-state index contributed by atoms with van der Waals surface area (Å²) in [5.41, 5.74) is 2.48. The van der Waals surface area contributed by atoms with Crippen molar-refractivity contribution in [2.45, 2.75) is 25.0 Å². The number of fused-ring (bicyclic) bond motifs is 1. The summed E-state index contributed by atoms with van der Waals surface area (Å²) in [6.45, 7) is 3.82. The molecule has 0 radical (unpaired) electrons. The molecule has 170 valence electrons. The fourth-order valence-electron chi connectivity index (χ4n) is 3.67. The van der Waals surface area contributed by atoms with Crippen molar-refractivity contribution >= 4 is 35.3 Å². The summed E-state index contributed by atoms with van der Waals surface area (Å²) >= 11 is 1.49. The number of para-hydroxylation sites is 2. The molecule has 0 bridgehead atoms. The van der Waals surface area contributed by atoms with Crippen molar-refractivity contribution in [2.24, 2.45) is 0 Å². The van der Waals surface area contributed by atoms with Crippen molar-refractivity contribution in [3.05, 3.63) is 70.9 Å². The van der Waals surface area contributed by atoms with Crippen molar-refractivity contribution < 1.29 is 19.4 Å². The van der Waals surface area contributed by atoms with Gasteiger partial charge in [-0.05, 0) is 42.5 Å². The predicted molar refractivity (Wildman–Crippen MR) is 126 cm³/mol. The molecule has 9 nitrogen and oxygen atoms in total. The summed E-state index contributed by atoms with van der Waals surface area (Å²) in [5, 5.41) is 20.6. The van der Waals surface area contributed by atoms with Gasteiger partial charge in [0, 0.05) is 5.70 Å². The Morgan fingerprint density at radius 2 is 1.94 bits per heavy atom. The highest BCUT2D eigenvalue weighted by Crippen LogP contribution is 2.37. The zero-order valence-electron chi connectivity index (χ0n) is 18.3. The van der Waals surface area contributed by atoms with E-state index in [1.54, 1.807) is 43.0 Å². The number of aromatic nitrogens is 3. The lowest BCUT2D eigenvalue weighted by Crippen LogP contribution is -2.31. The number of thioether (sulfide) groups is 1. The van der Waals surface area contributed by atoms with Crippen LogP contribution in [0.2, 0.25) is 0 Å². The molecular weight excluding hydrogens is 442 g/mol. The van der Waals surface area contributed by atoms with Gasteiger partial charge < -0.3 is 20.5 Å². The Hall–Kier alpha value is -3.79. The zero-order valence-corrected chi connectivity index (χ0v) is 19.1. The van der Waals surface area contributed by atoms with Crippen LogP contribution >= 0.6 is 11.8 Å². The van der Waals surface area contributed by atoms with Crippen LogP contribution < -0.4 is 15.4 Å². The number of carbonyl (C=O) groups is 2. The maximum absolute atomic E-state index is 13.5. The van der Waals surface area contributed by atoms with E-state index in [4.69, 9.17) is 4.74 Å². The second kappa shape index (κ2) is 9.37. The Kier molecular flexibility index (Phi) is 6.36. The molecule has 3 N–H and O–H groups in total. The number of carbonyl (C=O) groups excluding carboxylic acids is 1. The number of rotatable bonds is 7. The number of methoxy groups -OCH3 is 1. The van der Waals surface area contributed by atoms with Crippen molar-refractivity contribution in [3.8, 4) is 5.75 Å². The van der Waals surface area contributed by atoms with Crippen LogP contribution in [-0.2, 0) is 4.79 Å². The topological polar surface area (TPSA) is 118 Å². The summed E-state index contributed by atoms with van der Waals surface area (Å²) in [6, 6.07) is 13.0. The van der Waals surface area contributed by atoms with Crippen LogP contribution in [0.5, 0.6) is 5.75 Å². The molecule has 0 aliphatic carbocycles. The number of anilines is 2. The van der Waals surface area contributed by atoms with Gasteiger partial charge in [0.05, 0.1) is 23.9 Å². The number of aromatic carboxylic acids is 1. The van der Waals surface area contributed by atoms with Crippen molar-refractivity contribution in [3.63, 3.8) is 0 Å². The van der Waals surface area contributed by atoms with Gasteiger partial charge in [-0.15, -0.1) is 5.10 Å². The first-order chi connectivity index (χ1) is 15.9. The van der Waals surface area contributed by atoms with Crippen LogP contribution in [0.1, 0.15) is 35.8 Å². The van der Waals surface area contributed by atoms with Gasteiger partial charge in [0.15, 0.2) is 0 Å². The maximum Gasteiger partial charge on any atom is 0.335 e. The van der Waals surface area contributed by atoms with Crippen LogP contribution in [0.25, 0.3) is 0 Å². The lowest BCUT2D eigenvalue weighted by molar-refractivity contribution is -0.113. The Morgan fingerprint density at radius 3 is 2.61 bits per heavy atom. The molecule has 0 spiro atoms. The Balaban J connectivity index is 1.78. The average molecular weight is 466 g/mol.